The first-order chi connectivity index (χ1) is 15.1. The molecule has 3 aromatic rings. The number of rotatable bonds is 5. The molecule has 166 valence electrons. The summed E-state index contributed by atoms with van der Waals surface area (Å²) in [5, 5.41) is 3.38. The van der Waals surface area contributed by atoms with Gasteiger partial charge in [0.25, 0.3) is 0 Å². The third-order valence-electron chi connectivity index (χ3n) is 7.02. The maximum Gasteiger partial charge on any atom is 0.319 e. The first-order valence-corrected chi connectivity index (χ1v) is 11.2. The first-order valence-electron chi connectivity index (χ1n) is 11.2. The second-order valence-electron chi connectivity index (χ2n) is 9.31. The van der Waals surface area contributed by atoms with Crippen LogP contribution in [-0.4, -0.2) is 48.1 Å². The van der Waals surface area contributed by atoms with Gasteiger partial charge in [-0.25, -0.2) is 4.79 Å². The summed E-state index contributed by atoms with van der Waals surface area (Å²) < 4.78 is 0.974. The fraction of sp³-hybridized carbons (Fsp3) is 0.296. The number of hydrogen-bond acceptors (Lipinski definition) is 1. The number of carbonyl (C=O) groups excluding carboxylic acids is 1. The predicted octanol–water partition coefficient (Wildman–Crippen LogP) is 1.38. The second kappa shape index (κ2) is 9.24. The molecule has 5 rings (SSSR count). The van der Waals surface area contributed by atoms with Crippen LogP contribution in [-0.2, 0) is 12.1 Å². The number of halogens is 1. The number of nitrogens with zero attached hydrogens (tertiary/aromatic N) is 2. The van der Waals surface area contributed by atoms with Crippen molar-refractivity contribution in [1.82, 2.24) is 10.2 Å². The van der Waals surface area contributed by atoms with Crippen molar-refractivity contribution in [1.29, 1.82) is 0 Å². The number of likely N-dealkylation sites (N-methyl/N-ethyl adjacent to an activating group) is 1. The lowest BCUT2D eigenvalue weighted by Gasteiger charge is -2.32. The second-order valence-corrected chi connectivity index (χ2v) is 9.31. The van der Waals surface area contributed by atoms with Crippen molar-refractivity contribution < 1.29 is 33.3 Å². The zero-order chi connectivity index (χ0) is 21.3. The van der Waals surface area contributed by atoms with Gasteiger partial charge in [-0.15, -0.1) is 0 Å². The minimum absolute atomic E-state index is 0. The largest absolute Gasteiger partial charge is 1.00 e. The molecule has 0 spiro atoms. The molecule has 4 nitrogen and oxygen atoms in total. The quantitative estimate of drug-likeness (QED) is 0.386. The number of nitrogens with one attached hydrogen (secondary N) is 1. The molecule has 32 heavy (non-hydrogen) atoms. The molecule has 1 N–H and O–H groups in total. The standard InChI is InChI=1S/C27H29N3O.HI/c1-30(19-22-11-5-2-6-12-22)18-17-25(20-30)29-21-27(28-26(29)31,23-13-7-3-8-14-23)24-15-9-4-10-16-24;/h2-16,25H,17-21H2,1H3;1H/t25-,30?;/m1./s1. The normalized spacial score (nSPS) is 24.1. The van der Waals surface area contributed by atoms with Gasteiger partial charge in [0.05, 0.1) is 32.7 Å². The Balaban J connectivity index is 0.00000245. The molecule has 2 aliphatic heterocycles. The third-order valence-corrected chi connectivity index (χ3v) is 7.02. The molecule has 3 aromatic carbocycles. The van der Waals surface area contributed by atoms with Crippen LogP contribution in [0.4, 0.5) is 4.79 Å². The van der Waals surface area contributed by atoms with Gasteiger partial charge in [0.1, 0.15) is 12.1 Å². The summed E-state index contributed by atoms with van der Waals surface area (Å²) in [5.74, 6) is 0. The van der Waals surface area contributed by atoms with Crippen LogP contribution in [0.1, 0.15) is 23.1 Å². The van der Waals surface area contributed by atoms with E-state index in [-0.39, 0.29) is 36.0 Å². The molecule has 2 heterocycles. The van der Waals surface area contributed by atoms with Crippen LogP contribution >= 0.6 is 0 Å². The summed E-state index contributed by atoms with van der Waals surface area (Å²) in [6.45, 7) is 3.75. The summed E-state index contributed by atoms with van der Waals surface area (Å²) in [5.41, 5.74) is 3.12. The topological polar surface area (TPSA) is 32.3 Å². The Morgan fingerprint density at radius 3 is 2.00 bits per heavy atom. The number of amides is 2. The van der Waals surface area contributed by atoms with Crippen molar-refractivity contribution in [2.45, 2.75) is 24.5 Å². The van der Waals surface area contributed by atoms with Gasteiger partial charge < -0.3 is 38.7 Å². The molecule has 1 unspecified atom stereocenters. The number of urea groups is 1. The SMILES string of the molecule is C[N+]1(Cc2ccccc2)CC[C@@H](N2CC(c3ccccc3)(c3ccccc3)NC2=O)C1.[I-]. The average molecular weight is 539 g/mol. The van der Waals surface area contributed by atoms with Crippen molar-refractivity contribution in [3.63, 3.8) is 0 Å². The van der Waals surface area contributed by atoms with E-state index < -0.39 is 5.54 Å². The molecule has 2 aliphatic rings. The van der Waals surface area contributed by atoms with Crippen LogP contribution < -0.4 is 29.3 Å². The Kier molecular flexibility index (Phi) is 6.58. The Bertz CT molecular complexity index is 1000. The lowest BCUT2D eigenvalue weighted by molar-refractivity contribution is -0.911. The third kappa shape index (κ3) is 4.28. The minimum Gasteiger partial charge on any atom is -1.00 e. The van der Waals surface area contributed by atoms with Gasteiger partial charge in [0.15, 0.2) is 0 Å². The van der Waals surface area contributed by atoms with E-state index in [1.807, 2.05) is 12.1 Å². The van der Waals surface area contributed by atoms with Crippen molar-refractivity contribution in [3.8, 4) is 0 Å². The molecule has 0 radical (unpaired) electrons. The summed E-state index contributed by atoms with van der Waals surface area (Å²) in [6, 6.07) is 31.8. The molecular formula is C27H30IN3O. The fourth-order valence-corrected chi connectivity index (χ4v) is 5.43. The lowest BCUT2D eigenvalue weighted by atomic mass is 9.83. The van der Waals surface area contributed by atoms with Crippen LogP contribution in [0.15, 0.2) is 91.0 Å². The van der Waals surface area contributed by atoms with Gasteiger partial charge in [-0.2, -0.15) is 0 Å². The van der Waals surface area contributed by atoms with E-state index in [1.54, 1.807) is 0 Å². The smallest absolute Gasteiger partial charge is 0.319 e. The number of carbonyl (C=O) groups is 1. The van der Waals surface area contributed by atoms with Crippen LogP contribution in [0.25, 0.3) is 0 Å². The molecule has 2 amide bonds. The number of hydrogen-bond donors (Lipinski definition) is 1. The Hall–Kier alpha value is -2.38. The van der Waals surface area contributed by atoms with Crippen molar-refractivity contribution in [2.24, 2.45) is 0 Å². The van der Waals surface area contributed by atoms with Gasteiger partial charge >= 0.3 is 6.03 Å². The molecular weight excluding hydrogens is 509 g/mol. The molecule has 0 bridgehead atoms. The van der Waals surface area contributed by atoms with Crippen LogP contribution in [0, 0.1) is 0 Å². The number of likely N-dealkylation sites (tertiary alicyclic amines) is 1. The highest BCUT2D eigenvalue weighted by atomic mass is 127. The molecule has 0 aromatic heterocycles. The van der Waals surface area contributed by atoms with Crippen LogP contribution in [0.3, 0.4) is 0 Å². The van der Waals surface area contributed by atoms with E-state index in [2.05, 4.69) is 96.1 Å². The maximum absolute atomic E-state index is 13.3. The fourth-order valence-electron chi connectivity index (χ4n) is 5.43. The van der Waals surface area contributed by atoms with Crippen LogP contribution in [0.2, 0.25) is 0 Å². The van der Waals surface area contributed by atoms with E-state index in [9.17, 15) is 4.79 Å². The molecule has 2 fully saturated rings. The minimum atomic E-state index is -0.509. The molecule has 2 saturated heterocycles. The van der Waals surface area contributed by atoms with Crippen molar-refractivity contribution in [3.05, 3.63) is 108 Å². The van der Waals surface area contributed by atoms with Crippen LogP contribution in [0.5, 0.6) is 0 Å². The van der Waals surface area contributed by atoms with Crippen molar-refractivity contribution >= 4 is 6.03 Å². The number of quaternary nitrogens is 1. The van der Waals surface area contributed by atoms with Crippen molar-refractivity contribution in [2.75, 3.05) is 26.7 Å². The highest BCUT2D eigenvalue weighted by Crippen LogP contribution is 2.37. The molecule has 2 atom stereocenters. The summed E-state index contributed by atoms with van der Waals surface area (Å²) in [6.07, 6.45) is 1.04. The van der Waals surface area contributed by atoms with E-state index >= 15 is 0 Å². The van der Waals surface area contributed by atoms with E-state index in [0.29, 0.717) is 6.54 Å². The average Bonchev–Trinajstić information content (AvgIpc) is 3.36. The zero-order valence-electron chi connectivity index (χ0n) is 18.5. The Morgan fingerprint density at radius 1 is 0.906 bits per heavy atom. The number of benzene rings is 3. The Labute approximate surface area is 207 Å². The van der Waals surface area contributed by atoms with Gasteiger partial charge in [-0.3, -0.25) is 0 Å². The van der Waals surface area contributed by atoms with Gasteiger partial charge in [0, 0.05) is 12.0 Å². The highest BCUT2D eigenvalue weighted by molar-refractivity contribution is 5.80. The monoisotopic (exact) mass is 539 g/mol. The molecule has 5 heteroatoms. The summed E-state index contributed by atoms with van der Waals surface area (Å²) in [4.78, 5) is 15.4. The maximum atomic E-state index is 13.3. The van der Waals surface area contributed by atoms with E-state index in [0.717, 1.165) is 41.7 Å². The van der Waals surface area contributed by atoms with Gasteiger partial charge in [-0.1, -0.05) is 91.0 Å². The predicted molar refractivity (Wildman–Crippen MR) is 123 cm³/mol. The first kappa shape index (κ1) is 22.8. The molecule has 0 aliphatic carbocycles. The Morgan fingerprint density at radius 2 is 1.44 bits per heavy atom. The summed E-state index contributed by atoms with van der Waals surface area (Å²) >= 11 is 0. The zero-order valence-corrected chi connectivity index (χ0v) is 20.6. The lowest BCUT2D eigenvalue weighted by Crippen LogP contribution is -3.00. The summed E-state index contributed by atoms with van der Waals surface area (Å²) in [7, 11) is 2.32. The molecule has 0 saturated carbocycles. The van der Waals surface area contributed by atoms with E-state index in [4.69, 9.17) is 0 Å². The van der Waals surface area contributed by atoms with Gasteiger partial charge in [0.2, 0.25) is 0 Å². The van der Waals surface area contributed by atoms with E-state index in [1.165, 1.54) is 5.56 Å². The highest BCUT2D eigenvalue weighted by Gasteiger charge is 2.50. The van der Waals surface area contributed by atoms with Gasteiger partial charge in [-0.05, 0) is 11.1 Å².